The molecule has 0 spiro atoms. The van der Waals surface area contributed by atoms with Crippen molar-refractivity contribution in [2.45, 2.75) is 67.0 Å². The van der Waals surface area contributed by atoms with Gasteiger partial charge in [0.05, 0.1) is 5.54 Å². The lowest BCUT2D eigenvalue weighted by Crippen LogP contribution is -2.55. The van der Waals surface area contributed by atoms with Gasteiger partial charge < -0.3 is 22.9 Å². The summed E-state index contributed by atoms with van der Waals surface area (Å²) in [4.78, 5) is 0. The predicted molar refractivity (Wildman–Crippen MR) is 107 cm³/mol. The molecule has 1 aliphatic carbocycles. The van der Waals surface area contributed by atoms with Crippen LogP contribution in [0.25, 0.3) is 0 Å². The van der Waals surface area contributed by atoms with E-state index >= 15 is 0 Å². The third kappa shape index (κ3) is 3.50. The van der Waals surface area contributed by atoms with E-state index in [0.717, 1.165) is 39.2 Å². The third-order valence-corrected chi connectivity index (χ3v) is 5.76. The summed E-state index contributed by atoms with van der Waals surface area (Å²) in [5.41, 5.74) is 33.3. The molecule has 0 radical (unpaired) electrons. The lowest BCUT2D eigenvalue weighted by molar-refractivity contribution is 0.464. The van der Waals surface area contributed by atoms with E-state index in [1.807, 2.05) is 48.5 Å². The third-order valence-electron chi connectivity index (χ3n) is 5.76. The highest BCUT2D eigenvalue weighted by molar-refractivity contribution is 5.69. The number of nitrogen functional groups attached to an aromatic ring is 2. The van der Waals surface area contributed by atoms with Gasteiger partial charge in [-0.2, -0.15) is 0 Å². The van der Waals surface area contributed by atoms with Crippen LogP contribution in [-0.4, -0.2) is 11.6 Å². The fourth-order valence-corrected chi connectivity index (χ4v) is 2.90. The van der Waals surface area contributed by atoms with Crippen molar-refractivity contribution in [2.24, 2.45) is 11.5 Å². The first-order valence-corrected chi connectivity index (χ1v) is 8.35. The molecule has 1 aromatic carbocycles. The molecule has 8 N–H and O–H groups in total. The second-order valence-electron chi connectivity index (χ2n) is 7.28. The van der Waals surface area contributed by atoms with Crippen molar-refractivity contribution < 1.29 is 0 Å². The molecule has 1 aromatic rings. The SMILES string of the molecule is CC1=CC(C)=C(C)C(N)C1(C)N.Cc1c(C)c(N)c(C)c(C)c1N. The van der Waals surface area contributed by atoms with Crippen LogP contribution in [0.15, 0.2) is 22.8 Å². The second-order valence-corrected chi connectivity index (χ2v) is 7.28. The van der Waals surface area contributed by atoms with Gasteiger partial charge in [-0.1, -0.05) is 22.8 Å². The molecule has 0 heterocycles. The molecule has 0 bridgehead atoms. The Morgan fingerprint density at radius 2 is 1.12 bits per heavy atom. The van der Waals surface area contributed by atoms with E-state index in [1.165, 1.54) is 11.1 Å². The highest BCUT2D eigenvalue weighted by Crippen LogP contribution is 2.30. The quantitative estimate of drug-likeness (QED) is 0.547. The van der Waals surface area contributed by atoms with Gasteiger partial charge in [0.2, 0.25) is 0 Å². The lowest BCUT2D eigenvalue weighted by atomic mass is 9.77. The van der Waals surface area contributed by atoms with Crippen molar-refractivity contribution in [1.82, 2.24) is 0 Å². The number of anilines is 2. The Labute approximate surface area is 147 Å². The van der Waals surface area contributed by atoms with E-state index in [4.69, 9.17) is 22.9 Å². The molecule has 2 unspecified atom stereocenters. The summed E-state index contributed by atoms with van der Waals surface area (Å²) < 4.78 is 0. The zero-order valence-corrected chi connectivity index (χ0v) is 16.5. The number of rotatable bonds is 0. The van der Waals surface area contributed by atoms with Gasteiger partial charge in [0, 0.05) is 17.4 Å². The molecular weight excluding hydrogens is 296 g/mol. The average Bonchev–Trinajstić information content (AvgIpc) is 2.54. The average molecular weight is 331 g/mol. The molecule has 2 rings (SSSR count). The van der Waals surface area contributed by atoms with Gasteiger partial charge in [-0.25, -0.2) is 0 Å². The Hall–Kier alpha value is -1.78. The van der Waals surface area contributed by atoms with E-state index < -0.39 is 0 Å². The predicted octanol–water partition coefficient (Wildman–Crippen LogP) is 3.41. The maximum absolute atomic E-state index is 6.09. The minimum absolute atomic E-state index is 0.0394. The Kier molecular flexibility index (Phi) is 5.91. The summed E-state index contributed by atoms with van der Waals surface area (Å²) >= 11 is 0. The molecule has 0 saturated carbocycles. The Balaban J connectivity index is 0.000000240. The van der Waals surface area contributed by atoms with Crippen molar-refractivity contribution in [3.8, 4) is 0 Å². The standard InChI is InChI=1S/C10H18N2.C10H16N2/c1-6-5-7(2)10(4,12)9(11)8(6)3;1-5-6(2)10(12)8(4)7(3)9(5)11/h5,9H,11-12H2,1-4H3;11-12H2,1-4H3. The van der Waals surface area contributed by atoms with Gasteiger partial charge in [-0.3, -0.25) is 0 Å². The molecule has 4 nitrogen and oxygen atoms in total. The van der Waals surface area contributed by atoms with Crippen molar-refractivity contribution in [3.05, 3.63) is 45.0 Å². The van der Waals surface area contributed by atoms with Crippen molar-refractivity contribution in [1.29, 1.82) is 0 Å². The molecule has 0 aromatic heterocycles. The molecular formula is C20H34N4. The van der Waals surface area contributed by atoms with Gasteiger partial charge in [-0.15, -0.1) is 0 Å². The normalized spacial score (nSPS) is 23.6. The van der Waals surface area contributed by atoms with Gasteiger partial charge in [-0.05, 0) is 77.6 Å². The van der Waals surface area contributed by atoms with E-state index in [0.29, 0.717) is 0 Å². The van der Waals surface area contributed by atoms with Crippen LogP contribution in [0, 0.1) is 27.7 Å². The van der Waals surface area contributed by atoms with Crippen LogP contribution in [0.1, 0.15) is 49.9 Å². The van der Waals surface area contributed by atoms with Crippen LogP contribution >= 0.6 is 0 Å². The summed E-state index contributed by atoms with van der Waals surface area (Å²) in [5, 5.41) is 0. The minimum atomic E-state index is -0.371. The van der Waals surface area contributed by atoms with Gasteiger partial charge in [0.25, 0.3) is 0 Å². The lowest BCUT2D eigenvalue weighted by Gasteiger charge is -2.37. The van der Waals surface area contributed by atoms with Crippen molar-refractivity contribution in [3.63, 3.8) is 0 Å². The van der Waals surface area contributed by atoms with Gasteiger partial charge in [0.1, 0.15) is 0 Å². The largest absolute Gasteiger partial charge is 0.398 e. The van der Waals surface area contributed by atoms with E-state index in [1.54, 1.807) is 0 Å². The Bertz CT molecular complexity index is 604. The summed E-state index contributed by atoms with van der Waals surface area (Å²) in [6, 6.07) is -0.0394. The fraction of sp³-hybridized carbons (Fsp3) is 0.500. The minimum Gasteiger partial charge on any atom is -0.398 e. The van der Waals surface area contributed by atoms with Crippen LogP contribution < -0.4 is 22.9 Å². The molecule has 0 fully saturated rings. The van der Waals surface area contributed by atoms with E-state index in [9.17, 15) is 0 Å². The molecule has 4 heteroatoms. The van der Waals surface area contributed by atoms with Crippen LogP contribution in [-0.2, 0) is 0 Å². The number of benzene rings is 1. The zero-order chi connectivity index (χ0) is 19.0. The van der Waals surface area contributed by atoms with Gasteiger partial charge >= 0.3 is 0 Å². The monoisotopic (exact) mass is 330 g/mol. The van der Waals surface area contributed by atoms with E-state index in [-0.39, 0.29) is 11.6 Å². The van der Waals surface area contributed by atoms with Crippen LogP contribution in [0.2, 0.25) is 0 Å². The van der Waals surface area contributed by atoms with Crippen molar-refractivity contribution >= 4 is 11.4 Å². The van der Waals surface area contributed by atoms with E-state index in [2.05, 4.69) is 13.0 Å². The maximum Gasteiger partial charge on any atom is 0.0533 e. The molecule has 2 atom stereocenters. The van der Waals surface area contributed by atoms with Crippen molar-refractivity contribution in [2.75, 3.05) is 11.5 Å². The summed E-state index contributed by atoms with van der Waals surface area (Å²) in [6.45, 7) is 16.2. The van der Waals surface area contributed by atoms with Gasteiger partial charge in [0.15, 0.2) is 0 Å². The van der Waals surface area contributed by atoms with Crippen LogP contribution in [0.3, 0.4) is 0 Å². The number of allylic oxidation sites excluding steroid dienone is 2. The maximum atomic E-state index is 6.09. The first-order chi connectivity index (χ1) is 10.8. The molecule has 134 valence electrons. The molecule has 1 aliphatic rings. The highest BCUT2D eigenvalue weighted by atomic mass is 14.9. The zero-order valence-electron chi connectivity index (χ0n) is 16.5. The summed E-state index contributed by atoms with van der Waals surface area (Å²) in [7, 11) is 0. The number of hydrogen-bond acceptors (Lipinski definition) is 4. The smallest absolute Gasteiger partial charge is 0.0533 e. The molecule has 0 amide bonds. The highest BCUT2D eigenvalue weighted by Gasteiger charge is 2.33. The number of hydrogen-bond donors (Lipinski definition) is 4. The summed E-state index contributed by atoms with van der Waals surface area (Å²) in [5.74, 6) is 0. The first kappa shape index (κ1) is 20.3. The number of nitrogens with two attached hydrogens (primary N) is 4. The Morgan fingerprint density at radius 1 is 0.792 bits per heavy atom. The molecule has 0 saturated heterocycles. The molecule has 0 aliphatic heterocycles. The topological polar surface area (TPSA) is 104 Å². The first-order valence-electron chi connectivity index (χ1n) is 8.35. The van der Waals surface area contributed by atoms with Crippen LogP contribution in [0.5, 0.6) is 0 Å². The van der Waals surface area contributed by atoms with Crippen LogP contribution in [0.4, 0.5) is 11.4 Å². The Morgan fingerprint density at radius 3 is 1.46 bits per heavy atom. The summed E-state index contributed by atoms with van der Waals surface area (Å²) in [6.07, 6.45) is 2.12. The molecule has 24 heavy (non-hydrogen) atoms. The second kappa shape index (κ2) is 6.99. The fourth-order valence-electron chi connectivity index (χ4n) is 2.90.